The second kappa shape index (κ2) is 4.00. The molecule has 2 aromatic rings. The second-order valence-corrected chi connectivity index (χ2v) is 4.81. The summed E-state index contributed by atoms with van der Waals surface area (Å²) in [6, 6.07) is 8.70. The van der Waals surface area contributed by atoms with E-state index in [2.05, 4.69) is 40.7 Å². The van der Waals surface area contributed by atoms with Crippen LogP contribution in [0.4, 0.5) is 0 Å². The SMILES string of the molecule is Cc1ccccc1-c1ncn2c1CCC(N)C2. The van der Waals surface area contributed by atoms with Crippen LogP contribution in [0.15, 0.2) is 30.6 Å². The normalized spacial score (nSPS) is 19.1. The van der Waals surface area contributed by atoms with Crippen LogP contribution in [-0.4, -0.2) is 15.6 Å². The molecule has 17 heavy (non-hydrogen) atoms. The first-order valence-electron chi connectivity index (χ1n) is 6.11. The number of hydrogen-bond donors (Lipinski definition) is 1. The molecular formula is C14H17N3. The van der Waals surface area contributed by atoms with Gasteiger partial charge in [-0.05, 0) is 25.3 Å². The maximum atomic E-state index is 5.98. The number of fused-ring (bicyclic) bond motifs is 1. The summed E-state index contributed by atoms with van der Waals surface area (Å²) in [5, 5.41) is 0. The van der Waals surface area contributed by atoms with Crippen LogP contribution < -0.4 is 5.73 Å². The molecule has 1 aliphatic heterocycles. The lowest BCUT2D eigenvalue weighted by Crippen LogP contribution is -2.31. The van der Waals surface area contributed by atoms with Crippen LogP contribution in [0, 0.1) is 6.92 Å². The molecule has 0 bridgehead atoms. The van der Waals surface area contributed by atoms with Gasteiger partial charge in [0, 0.05) is 23.8 Å². The molecule has 3 rings (SSSR count). The highest BCUT2D eigenvalue weighted by atomic mass is 15.1. The van der Waals surface area contributed by atoms with Crippen molar-refractivity contribution in [1.82, 2.24) is 9.55 Å². The minimum atomic E-state index is 0.279. The van der Waals surface area contributed by atoms with Gasteiger partial charge in [0.25, 0.3) is 0 Å². The maximum Gasteiger partial charge on any atom is 0.0956 e. The minimum absolute atomic E-state index is 0.279. The summed E-state index contributed by atoms with van der Waals surface area (Å²) in [4.78, 5) is 4.57. The predicted molar refractivity (Wildman–Crippen MR) is 68.7 cm³/mol. The number of hydrogen-bond acceptors (Lipinski definition) is 2. The Kier molecular flexibility index (Phi) is 2.48. The van der Waals surface area contributed by atoms with Crippen LogP contribution in [0.3, 0.4) is 0 Å². The molecule has 3 nitrogen and oxygen atoms in total. The first-order chi connectivity index (χ1) is 8.25. The van der Waals surface area contributed by atoms with Crippen molar-refractivity contribution in [2.24, 2.45) is 5.73 Å². The van der Waals surface area contributed by atoms with Crippen LogP contribution in [0.25, 0.3) is 11.3 Å². The zero-order valence-corrected chi connectivity index (χ0v) is 10.1. The Labute approximate surface area is 101 Å². The van der Waals surface area contributed by atoms with Crippen molar-refractivity contribution in [3.63, 3.8) is 0 Å². The van der Waals surface area contributed by atoms with Crippen molar-refractivity contribution in [3.05, 3.63) is 41.9 Å². The third-order valence-corrected chi connectivity index (χ3v) is 3.53. The fraction of sp³-hybridized carbons (Fsp3) is 0.357. The number of aryl methyl sites for hydroxylation is 1. The average molecular weight is 227 g/mol. The van der Waals surface area contributed by atoms with Gasteiger partial charge in [-0.3, -0.25) is 0 Å². The zero-order valence-electron chi connectivity index (χ0n) is 10.1. The Morgan fingerprint density at radius 2 is 2.18 bits per heavy atom. The molecule has 1 aliphatic rings. The zero-order chi connectivity index (χ0) is 11.8. The Hall–Kier alpha value is -1.61. The fourth-order valence-corrected chi connectivity index (χ4v) is 2.56. The molecule has 0 spiro atoms. The lowest BCUT2D eigenvalue weighted by molar-refractivity contribution is 0.461. The van der Waals surface area contributed by atoms with Crippen molar-refractivity contribution in [3.8, 4) is 11.3 Å². The Bertz CT molecular complexity index is 542. The van der Waals surface area contributed by atoms with Crippen LogP contribution in [0.1, 0.15) is 17.7 Å². The molecule has 2 heterocycles. The Morgan fingerprint density at radius 3 is 3.00 bits per heavy atom. The van der Waals surface area contributed by atoms with Crippen LogP contribution >= 0.6 is 0 Å². The van der Waals surface area contributed by atoms with E-state index in [-0.39, 0.29) is 6.04 Å². The molecule has 0 fully saturated rings. The summed E-state index contributed by atoms with van der Waals surface area (Å²) in [6.07, 6.45) is 4.02. The van der Waals surface area contributed by atoms with Gasteiger partial charge in [-0.15, -0.1) is 0 Å². The predicted octanol–water partition coefficient (Wildman–Crippen LogP) is 2.13. The van der Waals surface area contributed by atoms with Gasteiger partial charge >= 0.3 is 0 Å². The second-order valence-electron chi connectivity index (χ2n) is 4.81. The molecule has 1 atom stereocenters. The van der Waals surface area contributed by atoms with Gasteiger partial charge in [0.15, 0.2) is 0 Å². The molecule has 0 saturated heterocycles. The third kappa shape index (κ3) is 1.76. The van der Waals surface area contributed by atoms with Crippen LogP contribution in [-0.2, 0) is 13.0 Å². The van der Waals surface area contributed by atoms with Gasteiger partial charge in [0.2, 0.25) is 0 Å². The lowest BCUT2D eigenvalue weighted by Gasteiger charge is -2.21. The van der Waals surface area contributed by atoms with Crippen molar-refractivity contribution in [1.29, 1.82) is 0 Å². The number of rotatable bonds is 1. The largest absolute Gasteiger partial charge is 0.332 e. The number of aromatic nitrogens is 2. The van der Waals surface area contributed by atoms with Crippen LogP contribution in [0.2, 0.25) is 0 Å². The molecule has 0 saturated carbocycles. The molecule has 1 aromatic carbocycles. The summed E-state index contributed by atoms with van der Waals surface area (Å²) >= 11 is 0. The van der Waals surface area contributed by atoms with E-state index < -0.39 is 0 Å². The Morgan fingerprint density at radius 1 is 1.35 bits per heavy atom. The Balaban J connectivity index is 2.09. The summed E-state index contributed by atoms with van der Waals surface area (Å²) in [5.74, 6) is 0. The summed E-state index contributed by atoms with van der Waals surface area (Å²) < 4.78 is 2.20. The van der Waals surface area contributed by atoms with Crippen molar-refractivity contribution in [2.75, 3.05) is 0 Å². The van der Waals surface area contributed by atoms with E-state index in [1.165, 1.54) is 16.8 Å². The highest BCUT2D eigenvalue weighted by molar-refractivity contribution is 5.66. The number of imidazole rings is 1. The smallest absolute Gasteiger partial charge is 0.0956 e. The molecule has 88 valence electrons. The molecular weight excluding hydrogens is 210 g/mol. The van der Waals surface area contributed by atoms with Crippen molar-refractivity contribution >= 4 is 0 Å². The van der Waals surface area contributed by atoms with E-state index >= 15 is 0 Å². The standard InChI is InChI=1S/C14H17N3/c1-10-4-2-3-5-12(10)14-13-7-6-11(15)8-17(13)9-16-14/h2-5,9,11H,6-8,15H2,1H3. The van der Waals surface area contributed by atoms with E-state index in [0.29, 0.717) is 0 Å². The number of benzene rings is 1. The molecule has 3 heteroatoms. The van der Waals surface area contributed by atoms with Gasteiger partial charge in [-0.2, -0.15) is 0 Å². The monoisotopic (exact) mass is 227 g/mol. The summed E-state index contributed by atoms with van der Waals surface area (Å²) in [5.41, 5.74) is 11.0. The summed E-state index contributed by atoms with van der Waals surface area (Å²) in [7, 11) is 0. The number of nitrogens with two attached hydrogens (primary N) is 1. The topological polar surface area (TPSA) is 43.8 Å². The van der Waals surface area contributed by atoms with Crippen molar-refractivity contribution < 1.29 is 0 Å². The maximum absolute atomic E-state index is 5.98. The molecule has 1 aromatic heterocycles. The van der Waals surface area contributed by atoms with Gasteiger partial charge in [0.1, 0.15) is 0 Å². The van der Waals surface area contributed by atoms with Gasteiger partial charge < -0.3 is 10.3 Å². The van der Waals surface area contributed by atoms with Crippen LogP contribution in [0.5, 0.6) is 0 Å². The highest BCUT2D eigenvalue weighted by Crippen LogP contribution is 2.28. The molecule has 2 N–H and O–H groups in total. The minimum Gasteiger partial charge on any atom is -0.332 e. The third-order valence-electron chi connectivity index (χ3n) is 3.53. The van der Waals surface area contributed by atoms with E-state index in [1.807, 2.05) is 6.33 Å². The van der Waals surface area contributed by atoms with E-state index in [0.717, 1.165) is 25.1 Å². The van der Waals surface area contributed by atoms with Gasteiger partial charge in [0.05, 0.1) is 12.0 Å². The van der Waals surface area contributed by atoms with Gasteiger partial charge in [-0.1, -0.05) is 24.3 Å². The fourth-order valence-electron chi connectivity index (χ4n) is 2.56. The van der Waals surface area contributed by atoms with Gasteiger partial charge in [-0.25, -0.2) is 4.98 Å². The molecule has 0 radical (unpaired) electrons. The quantitative estimate of drug-likeness (QED) is 0.811. The first kappa shape index (κ1) is 10.5. The average Bonchev–Trinajstić information content (AvgIpc) is 2.72. The van der Waals surface area contributed by atoms with Crippen molar-refractivity contribution in [2.45, 2.75) is 32.4 Å². The van der Waals surface area contributed by atoms with E-state index in [1.54, 1.807) is 0 Å². The van der Waals surface area contributed by atoms with E-state index in [4.69, 9.17) is 5.73 Å². The molecule has 0 amide bonds. The molecule has 1 unspecified atom stereocenters. The first-order valence-corrected chi connectivity index (χ1v) is 6.11. The summed E-state index contributed by atoms with van der Waals surface area (Å²) in [6.45, 7) is 3.03. The van der Waals surface area contributed by atoms with E-state index in [9.17, 15) is 0 Å². The highest BCUT2D eigenvalue weighted by Gasteiger charge is 2.20. The lowest BCUT2D eigenvalue weighted by atomic mass is 9.99. The molecule has 0 aliphatic carbocycles. The number of nitrogens with zero attached hydrogens (tertiary/aromatic N) is 2.